The second-order valence-electron chi connectivity index (χ2n) is 9.86. The molecule has 0 aromatic heterocycles. The molecule has 4 rings (SSSR count). The Hall–Kier alpha value is -4.05. The number of nitrogens with zero attached hydrogens (tertiary/aromatic N) is 2. The molecule has 11 heteroatoms. The molecule has 0 aliphatic heterocycles. The van der Waals surface area contributed by atoms with E-state index < -0.39 is 34.4 Å². The summed E-state index contributed by atoms with van der Waals surface area (Å²) in [6, 6.07) is 27.5. The molecule has 1 unspecified atom stereocenters. The molecular weight excluding hydrogens is 621 g/mol. The Bertz CT molecular complexity index is 1670. The first-order chi connectivity index (χ1) is 21.1. The monoisotopic (exact) mass is 653 g/mol. The third-order valence-electron chi connectivity index (χ3n) is 6.88. The van der Waals surface area contributed by atoms with Crippen LogP contribution in [0.2, 0.25) is 10.0 Å². The Balaban J connectivity index is 1.78. The van der Waals surface area contributed by atoms with Crippen LogP contribution >= 0.6 is 23.2 Å². The molecule has 0 saturated heterocycles. The number of hydrogen-bond acceptors (Lipinski definition) is 5. The second kappa shape index (κ2) is 15.1. The van der Waals surface area contributed by atoms with Gasteiger partial charge in [-0.2, -0.15) is 0 Å². The van der Waals surface area contributed by atoms with Gasteiger partial charge in [0.1, 0.15) is 18.3 Å². The van der Waals surface area contributed by atoms with Crippen LogP contribution in [0.15, 0.2) is 108 Å². The molecule has 1 N–H and O–H groups in total. The number of sulfonamides is 1. The molecule has 0 bridgehead atoms. The number of likely N-dealkylation sites (N-methyl/N-ethyl adjacent to an activating group) is 1. The number of amides is 2. The molecule has 4 aromatic rings. The number of carbonyl (C=O) groups excluding carboxylic acids is 2. The van der Waals surface area contributed by atoms with Crippen molar-refractivity contribution < 1.29 is 22.7 Å². The van der Waals surface area contributed by atoms with Crippen molar-refractivity contribution in [2.45, 2.75) is 30.8 Å². The quantitative estimate of drug-likeness (QED) is 0.192. The van der Waals surface area contributed by atoms with E-state index in [1.165, 1.54) is 36.2 Å². The standard InChI is InChI=1S/C33H33Cl2N3O5S/c1-3-43-29-16-14-28(15-17-29)38(44(41,42)30-18-12-26(34)13-19-30)23-32(39)37(22-25-10-7-11-27(35)20-25)31(33(40)36-2)21-24-8-5-4-6-9-24/h4-20,31H,3,21-23H2,1-2H3,(H,36,40). The molecule has 230 valence electrons. The van der Waals surface area contributed by atoms with Crippen molar-refractivity contribution in [2.75, 3.05) is 24.5 Å². The van der Waals surface area contributed by atoms with Crippen molar-refractivity contribution in [3.05, 3.63) is 124 Å². The molecule has 0 aliphatic carbocycles. The summed E-state index contributed by atoms with van der Waals surface area (Å²) in [7, 11) is -2.75. The first-order valence-electron chi connectivity index (χ1n) is 13.9. The van der Waals surface area contributed by atoms with Crippen LogP contribution in [0.5, 0.6) is 5.75 Å². The Labute approximate surface area is 268 Å². The largest absolute Gasteiger partial charge is 0.494 e. The number of nitrogens with one attached hydrogen (secondary N) is 1. The number of hydrogen-bond donors (Lipinski definition) is 1. The molecule has 44 heavy (non-hydrogen) atoms. The van der Waals surface area contributed by atoms with Crippen LogP contribution in [-0.4, -0.2) is 51.4 Å². The summed E-state index contributed by atoms with van der Waals surface area (Å²) in [5.41, 5.74) is 1.77. The van der Waals surface area contributed by atoms with Crippen LogP contribution in [0.1, 0.15) is 18.1 Å². The highest BCUT2D eigenvalue weighted by molar-refractivity contribution is 7.92. The molecule has 8 nitrogen and oxygen atoms in total. The van der Waals surface area contributed by atoms with Crippen molar-refractivity contribution in [3.63, 3.8) is 0 Å². The van der Waals surface area contributed by atoms with Gasteiger partial charge < -0.3 is 15.0 Å². The minimum Gasteiger partial charge on any atom is -0.494 e. The maximum Gasteiger partial charge on any atom is 0.264 e. The van der Waals surface area contributed by atoms with Crippen molar-refractivity contribution in [1.29, 1.82) is 0 Å². The number of rotatable bonds is 13. The molecule has 0 heterocycles. The van der Waals surface area contributed by atoms with E-state index in [4.69, 9.17) is 27.9 Å². The molecular formula is C33H33Cl2N3O5S. The number of benzene rings is 4. The fraction of sp³-hybridized carbons (Fsp3) is 0.212. The molecule has 0 radical (unpaired) electrons. The summed E-state index contributed by atoms with van der Waals surface area (Å²) in [6.07, 6.45) is 0.208. The average Bonchev–Trinajstić information content (AvgIpc) is 3.02. The van der Waals surface area contributed by atoms with Gasteiger partial charge in [0.2, 0.25) is 11.8 Å². The third kappa shape index (κ3) is 8.31. The van der Waals surface area contributed by atoms with E-state index in [2.05, 4.69) is 5.32 Å². The lowest BCUT2D eigenvalue weighted by Crippen LogP contribution is -2.53. The van der Waals surface area contributed by atoms with Gasteiger partial charge in [0.25, 0.3) is 10.0 Å². The summed E-state index contributed by atoms with van der Waals surface area (Å²) in [5, 5.41) is 3.50. The fourth-order valence-corrected chi connectivity index (χ4v) is 6.44. The molecule has 0 fully saturated rings. The Morgan fingerprint density at radius 3 is 2.11 bits per heavy atom. The topological polar surface area (TPSA) is 96.0 Å². The molecule has 0 saturated carbocycles. The highest BCUT2D eigenvalue weighted by Crippen LogP contribution is 2.28. The van der Waals surface area contributed by atoms with Gasteiger partial charge in [0.15, 0.2) is 0 Å². The van der Waals surface area contributed by atoms with Crippen LogP contribution in [0.25, 0.3) is 0 Å². The second-order valence-corrected chi connectivity index (χ2v) is 12.6. The van der Waals surface area contributed by atoms with Gasteiger partial charge in [-0.15, -0.1) is 0 Å². The third-order valence-corrected chi connectivity index (χ3v) is 9.15. The molecule has 4 aromatic carbocycles. The zero-order valence-electron chi connectivity index (χ0n) is 24.3. The minimum atomic E-state index is -4.25. The Morgan fingerprint density at radius 1 is 0.841 bits per heavy atom. The van der Waals surface area contributed by atoms with Crippen LogP contribution < -0.4 is 14.4 Å². The summed E-state index contributed by atoms with van der Waals surface area (Å²) < 4.78 is 34.7. The molecule has 0 aliphatic rings. The van der Waals surface area contributed by atoms with Crippen LogP contribution in [0.4, 0.5) is 5.69 Å². The zero-order valence-corrected chi connectivity index (χ0v) is 26.6. The lowest BCUT2D eigenvalue weighted by atomic mass is 10.0. The summed E-state index contributed by atoms with van der Waals surface area (Å²) in [4.78, 5) is 29.0. The van der Waals surface area contributed by atoms with Crippen molar-refractivity contribution >= 4 is 50.7 Å². The first kappa shape index (κ1) is 32.9. The van der Waals surface area contributed by atoms with E-state index >= 15 is 0 Å². The fourth-order valence-electron chi connectivity index (χ4n) is 4.69. The van der Waals surface area contributed by atoms with Gasteiger partial charge in [-0.05, 0) is 78.7 Å². The maximum atomic E-state index is 14.3. The van der Waals surface area contributed by atoms with Gasteiger partial charge in [-0.3, -0.25) is 13.9 Å². The average molecular weight is 655 g/mol. The summed E-state index contributed by atoms with van der Waals surface area (Å²) >= 11 is 12.3. The minimum absolute atomic E-state index is 0.0163. The lowest BCUT2D eigenvalue weighted by molar-refractivity contribution is -0.139. The van der Waals surface area contributed by atoms with Crippen LogP contribution in [0.3, 0.4) is 0 Å². The molecule has 0 spiro atoms. The number of carbonyl (C=O) groups is 2. The van der Waals surface area contributed by atoms with E-state index in [9.17, 15) is 18.0 Å². The number of halogens is 2. The Kier molecular flexibility index (Phi) is 11.3. The molecule has 1 atom stereocenters. The van der Waals surface area contributed by atoms with Gasteiger partial charge in [0, 0.05) is 30.1 Å². The van der Waals surface area contributed by atoms with Crippen molar-refractivity contribution in [1.82, 2.24) is 10.2 Å². The number of anilines is 1. The highest BCUT2D eigenvalue weighted by Gasteiger charge is 2.34. The highest BCUT2D eigenvalue weighted by atomic mass is 35.5. The van der Waals surface area contributed by atoms with E-state index in [1.54, 1.807) is 48.5 Å². The van der Waals surface area contributed by atoms with Crippen LogP contribution in [-0.2, 0) is 32.6 Å². The van der Waals surface area contributed by atoms with Gasteiger partial charge in [-0.25, -0.2) is 8.42 Å². The molecule has 2 amide bonds. The van der Waals surface area contributed by atoms with E-state index in [-0.39, 0.29) is 23.5 Å². The smallest absolute Gasteiger partial charge is 0.264 e. The number of ether oxygens (including phenoxy) is 1. The van der Waals surface area contributed by atoms with E-state index in [0.717, 1.165) is 9.87 Å². The lowest BCUT2D eigenvalue weighted by Gasteiger charge is -2.33. The Morgan fingerprint density at radius 2 is 1.50 bits per heavy atom. The predicted molar refractivity (Wildman–Crippen MR) is 174 cm³/mol. The van der Waals surface area contributed by atoms with Crippen molar-refractivity contribution in [3.8, 4) is 5.75 Å². The summed E-state index contributed by atoms with van der Waals surface area (Å²) in [5.74, 6) is -0.421. The predicted octanol–water partition coefficient (Wildman–Crippen LogP) is 5.97. The SMILES string of the molecule is CCOc1ccc(N(CC(=O)N(Cc2cccc(Cl)c2)C(Cc2ccccc2)C(=O)NC)S(=O)(=O)c2ccc(Cl)cc2)cc1. The van der Waals surface area contributed by atoms with Gasteiger partial charge in [0.05, 0.1) is 17.2 Å². The van der Waals surface area contributed by atoms with E-state index in [1.807, 2.05) is 37.3 Å². The first-order valence-corrected chi connectivity index (χ1v) is 16.1. The van der Waals surface area contributed by atoms with Gasteiger partial charge >= 0.3 is 0 Å². The van der Waals surface area contributed by atoms with Crippen molar-refractivity contribution in [2.24, 2.45) is 0 Å². The van der Waals surface area contributed by atoms with Gasteiger partial charge in [-0.1, -0.05) is 65.7 Å². The normalized spacial score (nSPS) is 11.8. The summed E-state index contributed by atoms with van der Waals surface area (Å²) in [6.45, 7) is 1.71. The van der Waals surface area contributed by atoms with E-state index in [0.29, 0.717) is 28.0 Å². The van der Waals surface area contributed by atoms with Crippen LogP contribution in [0, 0.1) is 0 Å². The maximum absolute atomic E-state index is 14.3. The zero-order chi connectivity index (χ0) is 31.7.